The van der Waals surface area contributed by atoms with Gasteiger partial charge in [0.15, 0.2) is 0 Å². The van der Waals surface area contributed by atoms with Crippen molar-refractivity contribution in [2.45, 2.75) is 19.0 Å². The van der Waals surface area contributed by atoms with E-state index in [-0.39, 0.29) is 6.04 Å². The topological polar surface area (TPSA) is 68.2 Å². The molecule has 1 saturated heterocycles. The summed E-state index contributed by atoms with van der Waals surface area (Å²) in [5.74, 6) is 1.27. The van der Waals surface area contributed by atoms with Crippen LogP contribution in [0.4, 0.5) is 0 Å². The zero-order chi connectivity index (χ0) is 13.2. The summed E-state index contributed by atoms with van der Waals surface area (Å²) in [6.07, 6.45) is 1.03. The highest BCUT2D eigenvalue weighted by Gasteiger charge is 2.21. The Balaban J connectivity index is 1.73. The summed E-state index contributed by atoms with van der Waals surface area (Å²) in [6, 6.07) is 8.13. The predicted molar refractivity (Wildman–Crippen MR) is 75.3 cm³/mol. The Morgan fingerprint density at radius 1 is 1.47 bits per heavy atom. The summed E-state index contributed by atoms with van der Waals surface area (Å²) in [4.78, 5) is 6.67. The van der Waals surface area contributed by atoms with Gasteiger partial charge in [0, 0.05) is 29.2 Å². The molecule has 100 valence electrons. The summed E-state index contributed by atoms with van der Waals surface area (Å²) >= 11 is 3.44. The fourth-order valence-electron chi connectivity index (χ4n) is 2.26. The van der Waals surface area contributed by atoms with E-state index in [0.29, 0.717) is 18.3 Å². The molecule has 1 aliphatic rings. The van der Waals surface area contributed by atoms with E-state index >= 15 is 0 Å². The normalized spacial score (nSPS) is 20.0. The SMILES string of the molecule is NC1CCN(Cc2nc(-c3cccc(Br)c3)no2)C1. The van der Waals surface area contributed by atoms with Crippen molar-refractivity contribution in [3.8, 4) is 11.4 Å². The van der Waals surface area contributed by atoms with Crippen molar-refractivity contribution < 1.29 is 4.52 Å². The number of nitrogens with two attached hydrogens (primary N) is 1. The van der Waals surface area contributed by atoms with E-state index in [0.717, 1.165) is 29.5 Å². The Morgan fingerprint density at radius 2 is 2.37 bits per heavy atom. The van der Waals surface area contributed by atoms with Gasteiger partial charge in [0.1, 0.15) is 0 Å². The largest absolute Gasteiger partial charge is 0.338 e. The van der Waals surface area contributed by atoms with Gasteiger partial charge in [-0.25, -0.2) is 0 Å². The van der Waals surface area contributed by atoms with Crippen LogP contribution in [0.15, 0.2) is 33.3 Å². The minimum absolute atomic E-state index is 0.271. The zero-order valence-electron chi connectivity index (χ0n) is 10.4. The summed E-state index contributed by atoms with van der Waals surface area (Å²) in [6.45, 7) is 2.57. The molecular weight excluding hydrogens is 308 g/mol. The highest BCUT2D eigenvalue weighted by atomic mass is 79.9. The van der Waals surface area contributed by atoms with Crippen molar-refractivity contribution in [1.29, 1.82) is 0 Å². The van der Waals surface area contributed by atoms with Gasteiger partial charge in [0.2, 0.25) is 11.7 Å². The number of benzene rings is 1. The Labute approximate surface area is 119 Å². The Hall–Kier alpha value is -1.24. The highest BCUT2D eigenvalue weighted by molar-refractivity contribution is 9.10. The van der Waals surface area contributed by atoms with Gasteiger partial charge in [-0.15, -0.1) is 0 Å². The second-order valence-corrected chi connectivity index (χ2v) is 5.72. The minimum Gasteiger partial charge on any atom is -0.338 e. The Kier molecular flexibility index (Phi) is 3.63. The summed E-state index contributed by atoms with van der Waals surface area (Å²) in [5.41, 5.74) is 6.82. The van der Waals surface area contributed by atoms with Crippen LogP contribution in [0.25, 0.3) is 11.4 Å². The van der Waals surface area contributed by atoms with Gasteiger partial charge in [-0.3, -0.25) is 4.90 Å². The summed E-state index contributed by atoms with van der Waals surface area (Å²) in [5, 5.41) is 4.02. The molecule has 2 N–H and O–H groups in total. The number of hydrogen-bond acceptors (Lipinski definition) is 5. The zero-order valence-corrected chi connectivity index (χ0v) is 12.0. The molecule has 5 nitrogen and oxygen atoms in total. The number of nitrogens with zero attached hydrogens (tertiary/aromatic N) is 3. The first-order valence-corrected chi connectivity index (χ1v) is 7.06. The molecule has 1 fully saturated rings. The average Bonchev–Trinajstić information content (AvgIpc) is 2.99. The van der Waals surface area contributed by atoms with Gasteiger partial charge in [0.25, 0.3) is 0 Å². The molecule has 0 radical (unpaired) electrons. The monoisotopic (exact) mass is 322 g/mol. The lowest BCUT2D eigenvalue weighted by atomic mass is 10.2. The van der Waals surface area contributed by atoms with E-state index < -0.39 is 0 Å². The van der Waals surface area contributed by atoms with Gasteiger partial charge >= 0.3 is 0 Å². The van der Waals surface area contributed by atoms with E-state index in [1.54, 1.807) is 0 Å². The lowest BCUT2D eigenvalue weighted by Crippen LogP contribution is -2.26. The molecule has 0 bridgehead atoms. The molecule has 0 spiro atoms. The maximum Gasteiger partial charge on any atom is 0.241 e. The van der Waals surface area contributed by atoms with Crippen LogP contribution in [0.1, 0.15) is 12.3 Å². The molecule has 0 amide bonds. The quantitative estimate of drug-likeness (QED) is 0.936. The molecule has 6 heteroatoms. The van der Waals surface area contributed by atoms with Crippen LogP contribution < -0.4 is 5.73 Å². The number of rotatable bonds is 3. The smallest absolute Gasteiger partial charge is 0.241 e. The third-order valence-electron chi connectivity index (χ3n) is 3.22. The molecule has 0 saturated carbocycles. The maximum absolute atomic E-state index is 5.88. The predicted octanol–water partition coefficient (Wildman–Crippen LogP) is 2.03. The highest BCUT2D eigenvalue weighted by Crippen LogP contribution is 2.21. The molecule has 1 aromatic heterocycles. The molecule has 1 aromatic carbocycles. The van der Waals surface area contributed by atoms with Crippen LogP contribution in [0.5, 0.6) is 0 Å². The van der Waals surface area contributed by atoms with Crippen LogP contribution in [0.2, 0.25) is 0 Å². The van der Waals surface area contributed by atoms with Gasteiger partial charge in [-0.05, 0) is 18.6 Å². The maximum atomic E-state index is 5.88. The van der Waals surface area contributed by atoms with Gasteiger partial charge in [-0.2, -0.15) is 4.98 Å². The molecule has 0 aliphatic carbocycles. The molecule has 1 atom stereocenters. The van der Waals surface area contributed by atoms with Gasteiger partial charge < -0.3 is 10.3 Å². The van der Waals surface area contributed by atoms with Crippen LogP contribution in [-0.2, 0) is 6.54 Å². The van der Waals surface area contributed by atoms with Crippen molar-refractivity contribution in [1.82, 2.24) is 15.0 Å². The first kappa shape index (κ1) is 12.8. The fourth-order valence-corrected chi connectivity index (χ4v) is 2.66. The third-order valence-corrected chi connectivity index (χ3v) is 3.71. The lowest BCUT2D eigenvalue weighted by Gasteiger charge is -2.10. The Morgan fingerprint density at radius 3 is 3.11 bits per heavy atom. The second kappa shape index (κ2) is 5.40. The average molecular weight is 323 g/mol. The van der Waals surface area contributed by atoms with E-state index in [1.807, 2.05) is 24.3 Å². The van der Waals surface area contributed by atoms with Crippen molar-refractivity contribution in [2.75, 3.05) is 13.1 Å². The molecule has 19 heavy (non-hydrogen) atoms. The second-order valence-electron chi connectivity index (χ2n) is 4.81. The molecule has 3 rings (SSSR count). The number of likely N-dealkylation sites (tertiary alicyclic amines) is 1. The van der Waals surface area contributed by atoms with E-state index in [2.05, 4.69) is 31.0 Å². The minimum atomic E-state index is 0.271. The van der Waals surface area contributed by atoms with E-state index in [1.165, 1.54) is 0 Å². The van der Waals surface area contributed by atoms with Crippen LogP contribution >= 0.6 is 15.9 Å². The van der Waals surface area contributed by atoms with Crippen molar-refractivity contribution >= 4 is 15.9 Å². The van der Waals surface area contributed by atoms with Crippen LogP contribution in [0, 0.1) is 0 Å². The van der Waals surface area contributed by atoms with Gasteiger partial charge in [0.05, 0.1) is 6.54 Å². The molecular formula is C13H15BrN4O. The molecule has 2 heterocycles. The lowest BCUT2D eigenvalue weighted by molar-refractivity contribution is 0.265. The fraction of sp³-hybridized carbons (Fsp3) is 0.385. The number of hydrogen-bond donors (Lipinski definition) is 1. The van der Waals surface area contributed by atoms with Gasteiger partial charge in [-0.1, -0.05) is 33.2 Å². The standard InChI is InChI=1S/C13H15BrN4O/c14-10-3-1-2-9(6-10)13-16-12(19-17-13)8-18-5-4-11(15)7-18/h1-3,6,11H,4-5,7-8,15H2. The van der Waals surface area contributed by atoms with Crippen LogP contribution in [-0.4, -0.2) is 34.2 Å². The molecule has 2 aromatic rings. The summed E-state index contributed by atoms with van der Waals surface area (Å²) in [7, 11) is 0. The molecule has 1 aliphatic heterocycles. The van der Waals surface area contributed by atoms with Crippen molar-refractivity contribution in [2.24, 2.45) is 5.73 Å². The molecule has 1 unspecified atom stereocenters. The number of aromatic nitrogens is 2. The van der Waals surface area contributed by atoms with E-state index in [4.69, 9.17) is 10.3 Å². The van der Waals surface area contributed by atoms with E-state index in [9.17, 15) is 0 Å². The van der Waals surface area contributed by atoms with Crippen molar-refractivity contribution in [3.05, 3.63) is 34.6 Å². The summed E-state index contributed by atoms with van der Waals surface area (Å²) < 4.78 is 6.30. The van der Waals surface area contributed by atoms with Crippen molar-refractivity contribution in [3.63, 3.8) is 0 Å². The Bertz CT molecular complexity index is 571. The first-order valence-electron chi connectivity index (χ1n) is 6.27. The third kappa shape index (κ3) is 3.02. The first-order chi connectivity index (χ1) is 9.20. The number of halogens is 1. The van der Waals surface area contributed by atoms with Crippen LogP contribution in [0.3, 0.4) is 0 Å².